The predicted molar refractivity (Wildman–Crippen MR) is 131 cm³/mol. The van der Waals surface area contributed by atoms with Crippen LogP contribution in [0.15, 0.2) is 40.2 Å². The number of aromatic nitrogens is 2. The largest absolute Gasteiger partial charge is 0.469 e. The Bertz CT molecular complexity index is 806. The molecule has 3 rings (SSSR count). The van der Waals surface area contributed by atoms with Crippen molar-refractivity contribution in [2.75, 3.05) is 32.8 Å². The molecule has 1 atom stereocenters. The highest BCUT2D eigenvalue weighted by atomic mass is 127. The summed E-state index contributed by atoms with van der Waals surface area (Å²) in [6, 6.07) is 4.10. The topological polar surface area (TPSA) is 84.9 Å². The van der Waals surface area contributed by atoms with Gasteiger partial charge in [-0.05, 0) is 38.3 Å². The molecule has 0 aromatic carbocycles. The monoisotopic (exact) mass is 543 g/mol. The zero-order valence-electron chi connectivity index (χ0n) is 18.5. The zero-order valence-corrected chi connectivity index (χ0v) is 20.8. The molecule has 2 aromatic rings. The molecule has 0 radical (unpaired) electrons. The first-order valence-electron chi connectivity index (χ1n) is 11.0. The minimum absolute atomic E-state index is 0. The lowest BCUT2D eigenvalue weighted by Gasteiger charge is -2.35. The van der Waals surface area contributed by atoms with E-state index in [4.69, 9.17) is 14.1 Å². The van der Waals surface area contributed by atoms with E-state index < -0.39 is 0 Å². The van der Waals surface area contributed by atoms with Crippen molar-refractivity contribution >= 4 is 35.9 Å². The van der Waals surface area contributed by atoms with Crippen molar-refractivity contribution in [2.45, 2.75) is 52.0 Å². The number of halogens is 1. The number of piperidine rings is 1. The molecule has 1 N–H and O–H groups in total. The van der Waals surface area contributed by atoms with Gasteiger partial charge in [-0.3, -0.25) is 9.67 Å². The third-order valence-electron chi connectivity index (χ3n) is 5.19. The molecule has 31 heavy (non-hydrogen) atoms. The van der Waals surface area contributed by atoms with E-state index in [2.05, 4.69) is 22.2 Å². The summed E-state index contributed by atoms with van der Waals surface area (Å²) >= 11 is 0. The third kappa shape index (κ3) is 7.55. The van der Waals surface area contributed by atoms with Crippen LogP contribution in [0.4, 0.5) is 0 Å². The van der Waals surface area contributed by atoms with Gasteiger partial charge in [0.05, 0.1) is 30.7 Å². The lowest BCUT2D eigenvalue weighted by atomic mass is 10.1. The number of hydrogen-bond donors (Lipinski definition) is 1. The predicted octanol–water partition coefficient (Wildman–Crippen LogP) is 3.90. The van der Waals surface area contributed by atoms with E-state index in [1.54, 1.807) is 25.6 Å². The molecule has 1 aliphatic heterocycles. The van der Waals surface area contributed by atoms with Gasteiger partial charge in [-0.15, -0.1) is 24.0 Å². The van der Waals surface area contributed by atoms with Gasteiger partial charge in [0.2, 0.25) is 0 Å². The Morgan fingerprint density at radius 2 is 2.29 bits per heavy atom. The molecular formula is C22H34IN5O3. The first-order chi connectivity index (χ1) is 14.7. The number of nitrogens with one attached hydrogen (secondary N) is 1. The fourth-order valence-corrected chi connectivity index (χ4v) is 3.58. The number of unbranched alkanes of at least 4 members (excludes halogenated alkanes) is 1. The van der Waals surface area contributed by atoms with Gasteiger partial charge in [0.1, 0.15) is 5.76 Å². The summed E-state index contributed by atoms with van der Waals surface area (Å²) in [5, 5.41) is 7.94. The molecular weight excluding hydrogens is 509 g/mol. The number of carbonyl (C=O) groups is 1. The fourth-order valence-electron chi connectivity index (χ4n) is 3.58. The molecule has 0 spiro atoms. The maximum Gasteiger partial charge on any atom is 0.341 e. The van der Waals surface area contributed by atoms with E-state index in [-0.39, 0.29) is 36.0 Å². The second kappa shape index (κ2) is 13.4. The second-order valence-corrected chi connectivity index (χ2v) is 7.49. The van der Waals surface area contributed by atoms with Crippen molar-refractivity contribution in [3.8, 4) is 0 Å². The van der Waals surface area contributed by atoms with Crippen molar-refractivity contribution in [2.24, 2.45) is 4.99 Å². The average molecular weight is 543 g/mol. The van der Waals surface area contributed by atoms with Crippen molar-refractivity contribution in [1.82, 2.24) is 20.0 Å². The highest BCUT2D eigenvalue weighted by molar-refractivity contribution is 14.0. The van der Waals surface area contributed by atoms with Gasteiger partial charge >= 0.3 is 5.97 Å². The average Bonchev–Trinajstić information content (AvgIpc) is 3.45. The molecule has 172 valence electrons. The molecule has 1 fully saturated rings. The number of nitrogens with zero attached hydrogens (tertiary/aromatic N) is 4. The Morgan fingerprint density at radius 3 is 3.03 bits per heavy atom. The van der Waals surface area contributed by atoms with Crippen molar-refractivity contribution in [3.05, 3.63) is 42.1 Å². The van der Waals surface area contributed by atoms with Crippen LogP contribution in [0, 0.1) is 0 Å². The number of furan rings is 1. The van der Waals surface area contributed by atoms with Crippen LogP contribution in [0.25, 0.3) is 0 Å². The molecule has 1 unspecified atom stereocenters. The highest BCUT2D eigenvalue weighted by Crippen LogP contribution is 2.21. The Balaban J connectivity index is 0.00000341. The lowest BCUT2D eigenvalue weighted by molar-refractivity contribution is 0.0526. The maximum atomic E-state index is 12.0. The van der Waals surface area contributed by atoms with Gasteiger partial charge in [0.25, 0.3) is 0 Å². The second-order valence-electron chi connectivity index (χ2n) is 7.49. The summed E-state index contributed by atoms with van der Waals surface area (Å²) in [6.45, 7) is 7.70. The molecule has 0 saturated carbocycles. The van der Waals surface area contributed by atoms with Crippen LogP contribution in [-0.2, 0) is 11.2 Å². The first kappa shape index (κ1) is 25.2. The van der Waals surface area contributed by atoms with Crippen LogP contribution in [-0.4, -0.2) is 59.4 Å². The first-order valence-corrected chi connectivity index (χ1v) is 11.0. The number of guanidine groups is 1. The quantitative estimate of drug-likeness (QED) is 0.170. The third-order valence-corrected chi connectivity index (χ3v) is 5.19. The molecule has 1 saturated heterocycles. The number of ether oxygens (including phenoxy) is 1. The molecule has 0 bridgehead atoms. The van der Waals surface area contributed by atoms with E-state index in [1.165, 1.54) is 0 Å². The van der Waals surface area contributed by atoms with Crippen molar-refractivity contribution in [3.63, 3.8) is 0 Å². The van der Waals surface area contributed by atoms with E-state index in [9.17, 15) is 4.79 Å². The van der Waals surface area contributed by atoms with E-state index in [0.717, 1.165) is 70.0 Å². The summed E-state index contributed by atoms with van der Waals surface area (Å²) in [5.41, 5.74) is 0.502. The number of aliphatic imine (C=N–C) groups is 1. The maximum absolute atomic E-state index is 12.0. The number of likely N-dealkylation sites (tertiary alicyclic amines) is 1. The minimum atomic E-state index is -0.321. The standard InChI is InChI=1S/C22H33N5O3.HI/c1-3-5-11-23-22(24-12-10-20-9-7-14-30-20)26-13-6-8-19(17-26)27-16-18(15-25-27)21(28)29-4-2;/h7,9,14-16,19H,3-6,8,10-13,17H2,1-2H3,(H,23,24);1H. The number of carbonyl (C=O) groups excluding carboxylic acids is 1. The molecule has 1 aliphatic rings. The smallest absolute Gasteiger partial charge is 0.341 e. The van der Waals surface area contributed by atoms with Gasteiger partial charge in [0.15, 0.2) is 5.96 Å². The number of rotatable bonds is 9. The minimum Gasteiger partial charge on any atom is -0.469 e. The van der Waals surface area contributed by atoms with Crippen molar-refractivity contribution in [1.29, 1.82) is 0 Å². The van der Waals surface area contributed by atoms with Gasteiger partial charge in [-0.2, -0.15) is 5.10 Å². The summed E-state index contributed by atoms with van der Waals surface area (Å²) in [7, 11) is 0. The van der Waals surface area contributed by atoms with E-state index >= 15 is 0 Å². The molecule has 0 aliphatic carbocycles. The van der Waals surface area contributed by atoms with Gasteiger partial charge < -0.3 is 19.4 Å². The molecule has 8 nitrogen and oxygen atoms in total. The number of hydrogen-bond acceptors (Lipinski definition) is 5. The molecule has 3 heterocycles. The fraction of sp³-hybridized carbons (Fsp3) is 0.591. The summed E-state index contributed by atoms with van der Waals surface area (Å²) in [4.78, 5) is 19.1. The van der Waals surface area contributed by atoms with Crippen LogP contribution >= 0.6 is 24.0 Å². The van der Waals surface area contributed by atoms with Crippen LogP contribution in [0.2, 0.25) is 0 Å². The zero-order chi connectivity index (χ0) is 21.2. The van der Waals surface area contributed by atoms with Crippen LogP contribution in [0.1, 0.15) is 61.7 Å². The van der Waals surface area contributed by atoms with Crippen LogP contribution < -0.4 is 5.32 Å². The number of esters is 1. The molecule has 9 heteroatoms. The van der Waals surface area contributed by atoms with Crippen LogP contribution in [0.5, 0.6) is 0 Å². The van der Waals surface area contributed by atoms with Gasteiger partial charge in [-0.1, -0.05) is 13.3 Å². The molecule has 2 aromatic heterocycles. The Labute approximate surface area is 201 Å². The SMILES string of the molecule is CCCCN=C(NCCc1ccco1)N1CCCC(n2cc(C(=O)OCC)cn2)C1.I. The van der Waals surface area contributed by atoms with Crippen LogP contribution in [0.3, 0.4) is 0 Å². The summed E-state index contributed by atoms with van der Waals surface area (Å²) < 4.78 is 12.4. The normalized spacial score (nSPS) is 16.6. The summed E-state index contributed by atoms with van der Waals surface area (Å²) in [5.74, 6) is 1.59. The van der Waals surface area contributed by atoms with E-state index in [0.29, 0.717) is 12.2 Å². The van der Waals surface area contributed by atoms with Gasteiger partial charge in [0, 0.05) is 38.8 Å². The Kier molecular flexibility index (Phi) is 10.9. The summed E-state index contributed by atoms with van der Waals surface area (Å²) in [6.07, 6.45) is 10.2. The lowest BCUT2D eigenvalue weighted by Crippen LogP contribution is -2.47. The van der Waals surface area contributed by atoms with Crippen molar-refractivity contribution < 1.29 is 13.9 Å². The van der Waals surface area contributed by atoms with E-state index in [1.807, 2.05) is 16.8 Å². The Morgan fingerprint density at radius 1 is 1.42 bits per heavy atom. The van der Waals surface area contributed by atoms with Gasteiger partial charge in [-0.25, -0.2) is 4.79 Å². The molecule has 0 amide bonds. The Hall–Kier alpha value is -2.04. The highest BCUT2D eigenvalue weighted by Gasteiger charge is 2.25.